The van der Waals surface area contributed by atoms with Crippen LogP contribution < -0.4 is 0 Å². The summed E-state index contributed by atoms with van der Waals surface area (Å²) in [6.07, 6.45) is -1.23. The third-order valence-corrected chi connectivity index (χ3v) is 2.62. The molecule has 0 aliphatic carbocycles. The summed E-state index contributed by atoms with van der Waals surface area (Å²) in [5.74, 6) is 0.214. The Morgan fingerprint density at radius 1 is 1.27 bits per heavy atom. The molecule has 0 heterocycles. The van der Waals surface area contributed by atoms with Crippen molar-refractivity contribution in [2.45, 2.75) is 18.6 Å². The monoisotopic (exact) mass is 228 g/mol. The van der Waals surface area contributed by atoms with Crippen molar-refractivity contribution in [3.05, 3.63) is 35.4 Å². The molecule has 2 unspecified atom stereocenters. The normalized spacial score (nSPS) is 14.9. The van der Waals surface area contributed by atoms with Crippen molar-refractivity contribution in [1.29, 1.82) is 0 Å². The van der Waals surface area contributed by atoms with Gasteiger partial charge >= 0.3 is 0 Å². The fourth-order valence-corrected chi connectivity index (χ4v) is 1.58. The van der Waals surface area contributed by atoms with Crippen molar-refractivity contribution >= 4 is 12.6 Å². The SMILES string of the molecule is OCCc1cccc(C(O)C(O)CS)c1. The molecule has 15 heavy (non-hydrogen) atoms. The highest BCUT2D eigenvalue weighted by molar-refractivity contribution is 7.80. The van der Waals surface area contributed by atoms with Gasteiger partial charge in [-0.3, -0.25) is 0 Å². The molecule has 0 aromatic heterocycles. The van der Waals surface area contributed by atoms with Gasteiger partial charge in [0, 0.05) is 12.4 Å². The van der Waals surface area contributed by atoms with Crippen molar-refractivity contribution in [1.82, 2.24) is 0 Å². The first-order valence-electron chi connectivity index (χ1n) is 4.85. The summed E-state index contributed by atoms with van der Waals surface area (Å²) < 4.78 is 0. The number of aliphatic hydroxyl groups is 3. The highest BCUT2D eigenvalue weighted by Crippen LogP contribution is 2.19. The number of hydrogen-bond donors (Lipinski definition) is 4. The van der Waals surface area contributed by atoms with Gasteiger partial charge < -0.3 is 15.3 Å². The summed E-state index contributed by atoms with van der Waals surface area (Å²) >= 11 is 3.92. The molecule has 0 saturated carbocycles. The van der Waals surface area contributed by atoms with Gasteiger partial charge in [0.1, 0.15) is 6.10 Å². The minimum Gasteiger partial charge on any atom is -0.396 e. The molecule has 1 aromatic carbocycles. The molecule has 0 aliphatic rings. The molecule has 0 aliphatic heterocycles. The lowest BCUT2D eigenvalue weighted by atomic mass is 10.0. The van der Waals surface area contributed by atoms with Gasteiger partial charge in [-0.1, -0.05) is 24.3 Å². The van der Waals surface area contributed by atoms with Gasteiger partial charge in [-0.05, 0) is 17.5 Å². The van der Waals surface area contributed by atoms with E-state index < -0.39 is 12.2 Å². The average molecular weight is 228 g/mol. The number of benzene rings is 1. The Bertz CT molecular complexity index is 304. The van der Waals surface area contributed by atoms with E-state index in [1.54, 1.807) is 18.2 Å². The molecular formula is C11H16O3S. The summed E-state index contributed by atoms with van der Waals surface area (Å²) in [5, 5.41) is 27.9. The Balaban J connectivity index is 2.80. The Morgan fingerprint density at radius 3 is 2.60 bits per heavy atom. The molecule has 0 saturated heterocycles. The molecular weight excluding hydrogens is 212 g/mol. The van der Waals surface area contributed by atoms with E-state index in [-0.39, 0.29) is 12.4 Å². The molecule has 0 bridgehead atoms. The lowest BCUT2D eigenvalue weighted by Crippen LogP contribution is -2.19. The fraction of sp³-hybridized carbons (Fsp3) is 0.455. The molecule has 1 aromatic rings. The van der Waals surface area contributed by atoms with Crippen LogP contribution in [0.15, 0.2) is 24.3 Å². The first-order valence-corrected chi connectivity index (χ1v) is 5.49. The van der Waals surface area contributed by atoms with Crippen LogP contribution in [-0.2, 0) is 6.42 Å². The predicted molar refractivity (Wildman–Crippen MR) is 62.1 cm³/mol. The van der Waals surface area contributed by atoms with Crippen LogP contribution in [0.2, 0.25) is 0 Å². The maximum atomic E-state index is 9.72. The Labute approximate surface area is 94.8 Å². The van der Waals surface area contributed by atoms with Crippen LogP contribution in [0.1, 0.15) is 17.2 Å². The molecule has 0 radical (unpaired) electrons. The molecule has 3 N–H and O–H groups in total. The van der Waals surface area contributed by atoms with Crippen LogP contribution in [0, 0.1) is 0 Å². The number of thiol groups is 1. The topological polar surface area (TPSA) is 60.7 Å². The predicted octanol–water partition coefficient (Wildman–Crippen LogP) is 0.545. The van der Waals surface area contributed by atoms with Gasteiger partial charge in [-0.15, -0.1) is 0 Å². The van der Waals surface area contributed by atoms with E-state index in [0.29, 0.717) is 12.0 Å². The Hall–Kier alpha value is -0.550. The zero-order valence-corrected chi connectivity index (χ0v) is 9.27. The first-order chi connectivity index (χ1) is 7.19. The second kappa shape index (κ2) is 6.12. The average Bonchev–Trinajstić information content (AvgIpc) is 2.28. The molecule has 4 heteroatoms. The van der Waals surface area contributed by atoms with Crippen LogP contribution in [0.3, 0.4) is 0 Å². The fourth-order valence-electron chi connectivity index (χ4n) is 1.38. The molecule has 1 rings (SSSR count). The van der Waals surface area contributed by atoms with E-state index in [9.17, 15) is 10.2 Å². The Kier molecular flexibility index (Phi) is 5.11. The molecule has 84 valence electrons. The van der Waals surface area contributed by atoms with E-state index in [1.807, 2.05) is 6.07 Å². The molecule has 0 fully saturated rings. The van der Waals surface area contributed by atoms with Crippen LogP contribution >= 0.6 is 12.6 Å². The zero-order valence-electron chi connectivity index (χ0n) is 8.37. The molecule has 2 atom stereocenters. The van der Waals surface area contributed by atoms with E-state index in [4.69, 9.17) is 5.11 Å². The third-order valence-electron chi connectivity index (χ3n) is 2.24. The van der Waals surface area contributed by atoms with Crippen LogP contribution in [-0.4, -0.2) is 33.8 Å². The van der Waals surface area contributed by atoms with Crippen LogP contribution in [0.5, 0.6) is 0 Å². The minimum absolute atomic E-state index is 0.0780. The Morgan fingerprint density at radius 2 is 2.00 bits per heavy atom. The second-order valence-corrected chi connectivity index (χ2v) is 3.78. The van der Waals surface area contributed by atoms with E-state index in [0.717, 1.165) is 5.56 Å². The molecule has 0 amide bonds. The van der Waals surface area contributed by atoms with Crippen LogP contribution in [0.25, 0.3) is 0 Å². The largest absolute Gasteiger partial charge is 0.396 e. The standard InChI is InChI=1S/C11H16O3S/c12-5-4-8-2-1-3-9(6-8)11(14)10(13)7-15/h1-3,6,10-15H,4-5,7H2. The van der Waals surface area contributed by atoms with Gasteiger partial charge in [0.05, 0.1) is 6.10 Å². The van der Waals surface area contributed by atoms with Crippen molar-refractivity contribution in [2.24, 2.45) is 0 Å². The smallest absolute Gasteiger partial charge is 0.106 e. The van der Waals surface area contributed by atoms with Crippen molar-refractivity contribution in [2.75, 3.05) is 12.4 Å². The lowest BCUT2D eigenvalue weighted by Gasteiger charge is -2.16. The van der Waals surface area contributed by atoms with Gasteiger partial charge in [0.2, 0.25) is 0 Å². The molecule has 3 nitrogen and oxygen atoms in total. The minimum atomic E-state index is -0.916. The molecule has 0 spiro atoms. The lowest BCUT2D eigenvalue weighted by molar-refractivity contribution is 0.0337. The summed E-state index contributed by atoms with van der Waals surface area (Å²) in [5.41, 5.74) is 1.60. The summed E-state index contributed by atoms with van der Waals surface area (Å²) in [6.45, 7) is 0.0780. The second-order valence-electron chi connectivity index (χ2n) is 3.41. The van der Waals surface area contributed by atoms with Crippen LogP contribution in [0.4, 0.5) is 0 Å². The van der Waals surface area contributed by atoms with Gasteiger partial charge in [-0.2, -0.15) is 12.6 Å². The number of aliphatic hydroxyl groups excluding tert-OH is 3. The number of rotatable bonds is 5. The van der Waals surface area contributed by atoms with Gasteiger partial charge in [-0.25, -0.2) is 0 Å². The van der Waals surface area contributed by atoms with Crippen molar-refractivity contribution < 1.29 is 15.3 Å². The number of hydrogen-bond acceptors (Lipinski definition) is 4. The van der Waals surface area contributed by atoms with E-state index in [1.165, 1.54) is 0 Å². The highest BCUT2D eigenvalue weighted by Gasteiger charge is 2.16. The summed E-state index contributed by atoms with van der Waals surface area (Å²) in [4.78, 5) is 0. The summed E-state index contributed by atoms with van der Waals surface area (Å²) in [7, 11) is 0. The van der Waals surface area contributed by atoms with E-state index in [2.05, 4.69) is 12.6 Å². The van der Waals surface area contributed by atoms with Gasteiger partial charge in [0.25, 0.3) is 0 Å². The maximum Gasteiger partial charge on any atom is 0.106 e. The van der Waals surface area contributed by atoms with Crippen molar-refractivity contribution in [3.8, 4) is 0 Å². The van der Waals surface area contributed by atoms with Gasteiger partial charge in [0.15, 0.2) is 0 Å². The summed E-state index contributed by atoms with van der Waals surface area (Å²) in [6, 6.07) is 7.21. The highest BCUT2D eigenvalue weighted by atomic mass is 32.1. The zero-order chi connectivity index (χ0) is 11.3. The van der Waals surface area contributed by atoms with Crippen molar-refractivity contribution in [3.63, 3.8) is 0 Å². The van der Waals surface area contributed by atoms with E-state index >= 15 is 0 Å². The third kappa shape index (κ3) is 3.50. The quantitative estimate of drug-likeness (QED) is 0.557. The maximum absolute atomic E-state index is 9.72. The first kappa shape index (κ1) is 12.5.